The lowest BCUT2D eigenvalue weighted by atomic mass is 10.2. The largest absolute Gasteiger partial charge is 0.467 e. The number of amides is 1. The molecule has 24 heavy (non-hydrogen) atoms. The van der Waals surface area contributed by atoms with Gasteiger partial charge in [-0.1, -0.05) is 20.8 Å². The van der Waals surface area contributed by atoms with Crippen LogP contribution in [0.3, 0.4) is 0 Å². The molecule has 1 aromatic rings. The van der Waals surface area contributed by atoms with Crippen molar-refractivity contribution < 1.29 is 18.8 Å². The van der Waals surface area contributed by atoms with Gasteiger partial charge in [0.25, 0.3) is 5.91 Å². The highest BCUT2D eigenvalue weighted by Crippen LogP contribution is 2.36. The standard InChI is InChI=1S/C17H28N2O4Si/c1-17(2,3)24(5,6)23-12-9-14(16(21)22-4)19-15(20)13-7-10-18-11-8-13/h7-8,10-11,14H,9,12H2,1-6H3,(H,19,20)/t14-/m0/s1. The van der Waals surface area contributed by atoms with Crippen molar-refractivity contribution in [2.75, 3.05) is 13.7 Å². The fourth-order valence-electron chi connectivity index (χ4n) is 1.78. The highest BCUT2D eigenvalue weighted by atomic mass is 28.4. The Kier molecular flexibility index (Phi) is 7.10. The summed E-state index contributed by atoms with van der Waals surface area (Å²) in [5.41, 5.74) is 0.448. The van der Waals surface area contributed by atoms with Crippen LogP contribution in [0.2, 0.25) is 18.1 Å². The van der Waals surface area contributed by atoms with Gasteiger partial charge in [-0.3, -0.25) is 9.78 Å². The minimum absolute atomic E-state index is 0.0913. The summed E-state index contributed by atoms with van der Waals surface area (Å²) in [6.07, 6.45) is 3.43. The molecule has 0 aliphatic carbocycles. The van der Waals surface area contributed by atoms with Crippen molar-refractivity contribution in [1.82, 2.24) is 10.3 Å². The summed E-state index contributed by atoms with van der Waals surface area (Å²) in [4.78, 5) is 28.0. The maximum absolute atomic E-state index is 12.2. The van der Waals surface area contributed by atoms with Gasteiger partial charge in [0.1, 0.15) is 6.04 Å². The quantitative estimate of drug-likeness (QED) is 0.603. The smallest absolute Gasteiger partial charge is 0.328 e. The van der Waals surface area contributed by atoms with Crippen LogP contribution in [0.25, 0.3) is 0 Å². The Hall–Kier alpha value is -1.73. The molecule has 1 amide bonds. The van der Waals surface area contributed by atoms with Gasteiger partial charge in [-0.05, 0) is 30.3 Å². The van der Waals surface area contributed by atoms with E-state index in [0.29, 0.717) is 18.6 Å². The molecule has 0 aliphatic rings. The normalized spacial score (nSPS) is 13.2. The first kappa shape index (κ1) is 20.3. The number of carbonyl (C=O) groups is 2. The van der Waals surface area contributed by atoms with Gasteiger partial charge in [-0.2, -0.15) is 0 Å². The van der Waals surface area contributed by atoms with Crippen LogP contribution in [-0.4, -0.2) is 44.9 Å². The molecule has 1 rings (SSSR count). The van der Waals surface area contributed by atoms with E-state index in [1.165, 1.54) is 19.5 Å². The first-order chi connectivity index (χ1) is 11.1. The fraction of sp³-hybridized carbons (Fsp3) is 0.588. The van der Waals surface area contributed by atoms with Crippen LogP contribution in [0.1, 0.15) is 37.6 Å². The number of hydrogen-bond acceptors (Lipinski definition) is 5. The van der Waals surface area contributed by atoms with Crippen LogP contribution in [0.15, 0.2) is 24.5 Å². The molecule has 0 aromatic carbocycles. The van der Waals surface area contributed by atoms with Crippen molar-refractivity contribution in [2.45, 2.75) is 51.4 Å². The van der Waals surface area contributed by atoms with Crippen molar-refractivity contribution in [2.24, 2.45) is 0 Å². The van der Waals surface area contributed by atoms with Gasteiger partial charge in [0, 0.05) is 31.0 Å². The Bertz CT molecular complexity index is 555. The van der Waals surface area contributed by atoms with Crippen molar-refractivity contribution >= 4 is 20.2 Å². The average Bonchev–Trinajstić information content (AvgIpc) is 2.52. The zero-order chi connectivity index (χ0) is 18.4. The Morgan fingerprint density at radius 2 is 1.83 bits per heavy atom. The molecule has 1 aromatic heterocycles. The summed E-state index contributed by atoms with van der Waals surface area (Å²) in [5, 5.41) is 2.79. The maximum atomic E-state index is 12.2. The Morgan fingerprint density at radius 1 is 1.25 bits per heavy atom. The monoisotopic (exact) mass is 352 g/mol. The lowest BCUT2D eigenvalue weighted by molar-refractivity contribution is -0.143. The van der Waals surface area contributed by atoms with Crippen LogP contribution < -0.4 is 5.32 Å². The topological polar surface area (TPSA) is 77.5 Å². The summed E-state index contributed by atoms with van der Waals surface area (Å²) in [6.45, 7) is 11.2. The van der Waals surface area contributed by atoms with E-state index in [1.54, 1.807) is 12.1 Å². The molecule has 0 radical (unpaired) electrons. The molecule has 0 bridgehead atoms. The third-order valence-electron chi connectivity index (χ3n) is 4.41. The predicted octanol–water partition coefficient (Wildman–Crippen LogP) is 2.76. The summed E-state index contributed by atoms with van der Waals surface area (Å²) in [5.74, 6) is -0.809. The zero-order valence-corrected chi connectivity index (χ0v) is 16.4. The van der Waals surface area contributed by atoms with Gasteiger partial charge in [0.2, 0.25) is 0 Å². The number of hydrogen-bond donors (Lipinski definition) is 1. The first-order valence-corrected chi connectivity index (χ1v) is 10.9. The van der Waals surface area contributed by atoms with Gasteiger partial charge in [0.05, 0.1) is 7.11 Å². The van der Waals surface area contributed by atoms with E-state index in [-0.39, 0.29) is 10.9 Å². The third kappa shape index (κ3) is 5.72. The molecule has 7 heteroatoms. The molecular formula is C17H28N2O4Si. The number of nitrogens with one attached hydrogen (secondary N) is 1. The maximum Gasteiger partial charge on any atom is 0.328 e. The molecule has 0 spiro atoms. The molecule has 0 aliphatic heterocycles. The van der Waals surface area contributed by atoms with Crippen LogP contribution >= 0.6 is 0 Å². The highest BCUT2D eigenvalue weighted by molar-refractivity contribution is 6.74. The molecular weight excluding hydrogens is 324 g/mol. The van der Waals surface area contributed by atoms with Crippen LogP contribution in [-0.2, 0) is 14.0 Å². The van der Waals surface area contributed by atoms with E-state index in [9.17, 15) is 9.59 Å². The molecule has 6 nitrogen and oxygen atoms in total. The minimum atomic E-state index is -1.89. The average molecular weight is 353 g/mol. The number of esters is 1. The second-order valence-electron chi connectivity index (χ2n) is 7.18. The molecule has 0 unspecified atom stereocenters. The van der Waals surface area contributed by atoms with Gasteiger partial charge in [0.15, 0.2) is 8.32 Å². The number of rotatable bonds is 7. The van der Waals surface area contributed by atoms with Crippen LogP contribution in [0.5, 0.6) is 0 Å². The first-order valence-electron chi connectivity index (χ1n) is 8.01. The lowest BCUT2D eigenvalue weighted by Gasteiger charge is -2.36. The number of nitrogens with zero attached hydrogens (tertiary/aromatic N) is 1. The second-order valence-corrected chi connectivity index (χ2v) is 12.0. The van der Waals surface area contributed by atoms with E-state index >= 15 is 0 Å². The van der Waals surface area contributed by atoms with Gasteiger partial charge >= 0.3 is 5.97 Å². The Morgan fingerprint density at radius 3 is 2.33 bits per heavy atom. The number of methoxy groups -OCH3 is 1. The molecule has 0 fully saturated rings. The molecule has 1 heterocycles. The molecule has 134 valence electrons. The van der Waals surface area contributed by atoms with E-state index < -0.39 is 20.3 Å². The summed E-state index contributed by atoms with van der Waals surface area (Å²) in [7, 11) is -0.586. The SMILES string of the molecule is COC(=O)[C@H](CCO[Si](C)(C)C(C)(C)C)NC(=O)c1ccncc1. The Labute approximate surface area is 145 Å². The van der Waals surface area contributed by atoms with Crippen molar-refractivity contribution in [1.29, 1.82) is 0 Å². The van der Waals surface area contributed by atoms with E-state index in [2.05, 4.69) is 44.2 Å². The van der Waals surface area contributed by atoms with Gasteiger partial charge < -0.3 is 14.5 Å². The summed E-state index contributed by atoms with van der Waals surface area (Å²) < 4.78 is 10.9. The number of ether oxygens (including phenoxy) is 1. The van der Waals surface area contributed by atoms with Crippen molar-refractivity contribution in [3.63, 3.8) is 0 Å². The molecule has 1 atom stereocenters. The molecule has 0 saturated carbocycles. The second kappa shape index (κ2) is 8.39. The minimum Gasteiger partial charge on any atom is -0.467 e. The van der Waals surface area contributed by atoms with E-state index in [1.807, 2.05) is 0 Å². The van der Waals surface area contributed by atoms with Gasteiger partial charge in [-0.25, -0.2) is 4.79 Å². The Balaban J connectivity index is 2.67. The molecule has 1 N–H and O–H groups in total. The van der Waals surface area contributed by atoms with Crippen LogP contribution in [0, 0.1) is 0 Å². The van der Waals surface area contributed by atoms with Crippen molar-refractivity contribution in [3.8, 4) is 0 Å². The number of carbonyl (C=O) groups excluding carboxylic acids is 2. The van der Waals surface area contributed by atoms with Gasteiger partial charge in [-0.15, -0.1) is 0 Å². The summed E-state index contributed by atoms with van der Waals surface area (Å²) in [6, 6.07) is 2.45. The molecule has 0 saturated heterocycles. The van der Waals surface area contributed by atoms with E-state index in [0.717, 1.165) is 0 Å². The third-order valence-corrected chi connectivity index (χ3v) is 8.95. The van der Waals surface area contributed by atoms with E-state index in [4.69, 9.17) is 9.16 Å². The van der Waals surface area contributed by atoms with Crippen molar-refractivity contribution in [3.05, 3.63) is 30.1 Å². The zero-order valence-electron chi connectivity index (χ0n) is 15.4. The summed E-state index contributed by atoms with van der Waals surface area (Å²) >= 11 is 0. The number of pyridine rings is 1. The predicted molar refractivity (Wildman–Crippen MR) is 95.3 cm³/mol. The van der Waals surface area contributed by atoms with Crippen LogP contribution in [0.4, 0.5) is 0 Å². The fourth-order valence-corrected chi connectivity index (χ4v) is 2.85. The number of aromatic nitrogens is 1. The highest BCUT2D eigenvalue weighted by Gasteiger charge is 2.37. The lowest BCUT2D eigenvalue weighted by Crippen LogP contribution is -2.45.